The summed E-state index contributed by atoms with van der Waals surface area (Å²) in [4.78, 5) is 26.1. The van der Waals surface area contributed by atoms with Gasteiger partial charge >= 0.3 is 0 Å². The van der Waals surface area contributed by atoms with Gasteiger partial charge in [-0.1, -0.05) is 29.3 Å². The Hall–Kier alpha value is -2.51. The van der Waals surface area contributed by atoms with Crippen molar-refractivity contribution in [1.82, 2.24) is 15.1 Å². The van der Waals surface area contributed by atoms with Crippen LogP contribution < -0.4 is 10.2 Å². The number of hydrogen-bond donors (Lipinski definition) is 2. The lowest BCUT2D eigenvalue weighted by atomic mass is 10.1. The Morgan fingerprint density at radius 3 is 2.79 bits per heavy atom. The molecule has 148 valence electrons. The first-order valence-electron chi connectivity index (χ1n) is 8.90. The predicted octanol–water partition coefficient (Wildman–Crippen LogP) is 3.12. The van der Waals surface area contributed by atoms with E-state index in [0.717, 1.165) is 5.56 Å². The Labute approximate surface area is 172 Å². The smallest absolute Gasteiger partial charge is 0.295 e. The number of carbonyl (C=O) groups is 2. The van der Waals surface area contributed by atoms with E-state index in [0.29, 0.717) is 41.8 Å². The van der Waals surface area contributed by atoms with Gasteiger partial charge in [-0.2, -0.15) is 5.10 Å². The number of anilines is 1. The second-order valence-electron chi connectivity index (χ2n) is 6.33. The van der Waals surface area contributed by atoms with Crippen LogP contribution >= 0.6 is 23.2 Å². The van der Waals surface area contributed by atoms with Gasteiger partial charge in [0.25, 0.3) is 11.8 Å². The largest absolute Gasteiger partial charge is 0.503 e. The molecule has 0 bridgehead atoms. The van der Waals surface area contributed by atoms with Gasteiger partial charge in [-0.25, -0.2) is 4.68 Å². The first-order valence-corrected chi connectivity index (χ1v) is 9.66. The minimum Gasteiger partial charge on any atom is -0.503 e. The molecule has 2 heterocycles. The van der Waals surface area contributed by atoms with Crippen molar-refractivity contribution in [3.05, 3.63) is 57.4 Å². The molecule has 0 radical (unpaired) electrons. The molecule has 0 atom stereocenters. The van der Waals surface area contributed by atoms with E-state index in [4.69, 9.17) is 23.2 Å². The number of hydrogen-bond acceptors (Lipinski definition) is 4. The summed E-state index contributed by atoms with van der Waals surface area (Å²) in [6.07, 6.45) is 2.96. The van der Waals surface area contributed by atoms with Gasteiger partial charge in [-0.05, 0) is 37.5 Å². The van der Waals surface area contributed by atoms with Crippen molar-refractivity contribution in [1.29, 1.82) is 0 Å². The number of carbonyl (C=O) groups excluding carboxylic acids is 2. The molecule has 0 aliphatic carbocycles. The van der Waals surface area contributed by atoms with Crippen molar-refractivity contribution in [3.8, 4) is 0 Å². The van der Waals surface area contributed by atoms with Gasteiger partial charge in [0.15, 0.2) is 5.76 Å². The van der Waals surface area contributed by atoms with Crippen LogP contribution in [0.1, 0.15) is 18.9 Å². The summed E-state index contributed by atoms with van der Waals surface area (Å²) in [6, 6.07) is 7.09. The molecule has 2 aromatic rings. The lowest BCUT2D eigenvalue weighted by Crippen LogP contribution is -2.32. The molecule has 0 spiro atoms. The highest BCUT2D eigenvalue weighted by Gasteiger charge is 2.36. The molecule has 1 aromatic heterocycles. The Morgan fingerprint density at radius 1 is 1.29 bits per heavy atom. The van der Waals surface area contributed by atoms with Crippen molar-refractivity contribution >= 4 is 40.8 Å². The van der Waals surface area contributed by atoms with Gasteiger partial charge < -0.3 is 10.4 Å². The molecule has 1 aromatic carbocycles. The van der Waals surface area contributed by atoms with Crippen LogP contribution in [0.3, 0.4) is 0 Å². The summed E-state index contributed by atoms with van der Waals surface area (Å²) < 4.78 is 1.63. The number of halogens is 2. The van der Waals surface area contributed by atoms with Crippen LogP contribution in [0.25, 0.3) is 0 Å². The summed E-state index contributed by atoms with van der Waals surface area (Å²) >= 11 is 11.9. The van der Waals surface area contributed by atoms with Crippen molar-refractivity contribution in [2.75, 3.05) is 18.0 Å². The van der Waals surface area contributed by atoms with E-state index >= 15 is 0 Å². The fourth-order valence-corrected chi connectivity index (χ4v) is 3.34. The number of benzene rings is 1. The maximum atomic E-state index is 12.4. The van der Waals surface area contributed by atoms with Crippen molar-refractivity contribution < 1.29 is 14.7 Å². The highest BCUT2D eigenvalue weighted by atomic mass is 35.5. The maximum Gasteiger partial charge on any atom is 0.295 e. The molecule has 28 heavy (non-hydrogen) atoms. The lowest BCUT2D eigenvalue weighted by molar-refractivity contribution is -0.119. The molecule has 2 N–H and O–H groups in total. The highest BCUT2D eigenvalue weighted by molar-refractivity contribution is 6.42. The Balaban J connectivity index is 1.55. The van der Waals surface area contributed by atoms with Crippen LogP contribution in [0.15, 0.2) is 41.8 Å². The zero-order valence-corrected chi connectivity index (χ0v) is 16.8. The van der Waals surface area contributed by atoms with E-state index in [1.54, 1.807) is 29.1 Å². The third-order valence-corrected chi connectivity index (χ3v) is 5.24. The SMILES string of the molecule is CCn1nccc1N1CC(C(=O)NCCCc2ccc(Cl)c(Cl)c2)=C(O)C1=O. The maximum absolute atomic E-state index is 12.4. The summed E-state index contributed by atoms with van der Waals surface area (Å²) in [5.74, 6) is -1.03. The van der Waals surface area contributed by atoms with Crippen LogP contribution in [-0.2, 0) is 22.6 Å². The third kappa shape index (κ3) is 4.15. The standard InChI is InChI=1S/C19H20Cl2N4O3/c1-2-25-16(7-9-23-25)24-11-13(17(26)19(24)28)18(27)22-8-3-4-12-5-6-14(20)15(21)10-12/h5-7,9-10,26H,2-4,8,11H2,1H3,(H,22,27). The fraction of sp³-hybridized carbons (Fsp3) is 0.316. The molecule has 0 fully saturated rings. The van der Waals surface area contributed by atoms with Crippen molar-refractivity contribution in [2.24, 2.45) is 0 Å². The van der Waals surface area contributed by atoms with Crippen LogP contribution in [0, 0.1) is 0 Å². The van der Waals surface area contributed by atoms with Crippen LogP contribution in [0.5, 0.6) is 0 Å². The van der Waals surface area contributed by atoms with Gasteiger partial charge in [-0.3, -0.25) is 14.5 Å². The van der Waals surface area contributed by atoms with E-state index < -0.39 is 17.6 Å². The Kier molecular flexibility index (Phi) is 6.26. The number of aliphatic hydroxyl groups excluding tert-OH is 1. The first kappa shape index (κ1) is 20.2. The quantitative estimate of drug-likeness (QED) is 0.670. The third-order valence-electron chi connectivity index (χ3n) is 4.51. The van der Waals surface area contributed by atoms with Crippen LogP contribution in [0.4, 0.5) is 5.82 Å². The summed E-state index contributed by atoms with van der Waals surface area (Å²) in [5.41, 5.74) is 1.07. The van der Waals surface area contributed by atoms with Gasteiger partial charge in [0.1, 0.15) is 5.82 Å². The minimum atomic E-state index is -0.601. The number of aryl methyl sites for hydroxylation is 2. The van der Waals surface area contributed by atoms with Crippen LogP contribution in [-0.4, -0.2) is 39.8 Å². The predicted molar refractivity (Wildman–Crippen MR) is 108 cm³/mol. The van der Waals surface area contributed by atoms with E-state index in [-0.39, 0.29) is 12.1 Å². The normalized spacial score (nSPS) is 14.1. The molecular formula is C19H20Cl2N4O3. The number of aliphatic hydroxyl groups is 1. The van der Waals surface area contributed by atoms with Gasteiger partial charge in [0, 0.05) is 19.2 Å². The summed E-state index contributed by atoms with van der Waals surface area (Å²) in [5, 5.41) is 18.0. The zero-order chi connectivity index (χ0) is 20.3. The van der Waals surface area contributed by atoms with E-state index in [1.165, 1.54) is 4.90 Å². The average Bonchev–Trinajstić information content (AvgIpc) is 3.26. The lowest BCUT2D eigenvalue weighted by Gasteiger charge is -2.16. The number of nitrogens with zero attached hydrogens (tertiary/aromatic N) is 3. The molecule has 2 amide bonds. The second kappa shape index (κ2) is 8.67. The molecule has 0 saturated carbocycles. The monoisotopic (exact) mass is 422 g/mol. The molecule has 1 aliphatic heterocycles. The van der Waals surface area contributed by atoms with Gasteiger partial charge in [-0.15, -0.1) is 0 Å². The zero-order valence-electron chi connectivity index (χ0n) is 15.3. The number of rotatable bonds is 7. The second-order valence-corrected chi connectivity index (χ2v) is 7.15. The summed E-state index contributed by atoms with van der Waals surface area (Å²) in [7, 11) is 0. The highest BCUT2D eigenvalue weighted by Crippen LogP contribution is 2.25. The summed E-state index contributed by atoms with van der Waals surface area (Å²) in [6.45, 7) is 2.88. The first-order chi connectivity index (χ1) is 13.4. The van der Waals surface area contributed by atoms with Crippen LogP contribution in [0.2, 0.25) is 10.0 Å². The van der Waals surface area contributed by atoms with Gasteiger partial charge in [0.2, 0.25) is 0 Å². The van der Waals surface area contributed by atoms with E-state index in [9.17, 15) is 14.7 Å². The number of aromatic nitrogens is 2. The molecule has 0 saturated heterocycles. The molecule has 3 rings (SSSR count). The van der Waals surface area contributed by atoms with Crippen molar-refractivity contribution in [3.63, 3.8) is 0 Å². The topological polar surface area (TPSA) is 87.5 Å². The molecule has 7 nitrogen and oxygen atoms in total. The number of amides is 2. The fourth-order valence-electron chi connectivity index (χ4n) is 3.02. The van der Waals surface area contributed by atoms with Gasteiger partial charge in [0.05, 0.1) is 28.4 Å². The van der Waals surface area contributed by atoms with E-state index in [1.807, 2.05) is 13.0 Å². The van der Waals surface area contributed by atoms with Crippen molar-refractivity contribution in [2.45, 2.75) is 26.3 Å². The Bertz CT molecular complexity index is 939. The number of nitrogens with one attached hydrogen (secondary N) is 1. The average molecular weight is 423 g/mol. The Morgan fingerprint density at radius 2 is 2.07 bits per heavy atom. The minimum absolute atomic E-state index is 0.00891. The van der Waals surface area contributed by atoms with E-state index in [2.05, 4.69) is 10.4 Å². The molecule has 9 heteroatoms. The molecule has 1 aliphatic rings. The molecular weight excluding hydrogens is 403 g/mol. The molecule has 0 unspecified atom stereocenters.